The fraction of sp³-hybridized carbons (Fsp3) is 0.417. The van der Waals surface area contributed by atoms with E-state index >= 15 is 0 Å². The molecule has 3 nitrogen and oxygen atoms in total. The first-order chi connectivity index (χ1) is 7.68. The van der Waals surface area contributed by atoms with Crippen LogP contribution in [0.5, 0.6) is 0 Å². The van der Waals surface area contributed by atoms with Crippen LogP contribution in [0.15, 0.2) is 24.3 Å². The lowest BCUT2D eigenvalue weighted by Crippen LogP contribution is -2.39. The molecule has 0 amide bonds. The Morgan fingerprint density at radius 2 is 2.06 bits per heavy atom. The van der Waals surface area contributed by atoms with E-state index in [0.29, 0.717) is 6.54 Å². The van der Waals surface area contributed by atoms with E-state index in [9.17, 15) is 9.18 Å². The number of carboxylic acid groups (broad SMARTS) is 1. The standard InChI is InChI=1S/C12H14FNO2/c13-9-3-1-8(2-4-9)10-5-6-14-7-11(10)12(15)16/h1-4,10-11,14H,5-7H2,(H,15,16)/t10-,11+/m1/s1. The van der Waals surface area contributed by atoms with Crippen LogP contribution in [-0.4, -0.2) is 24.2 Å². The Kier molecular flexibility index (Phi) is 3.19. The summed E-state index contributed by atoms with van der Waals surface area (Å²) in [6.07, 6.45) is 0.780. The maximum atomic E-state index is 12.8. The number of halogens is 1. The Balaban J connectivity index is 2.23. The second-order valence-electron chi connectivity index (χ2n) is 4.10. The van der Waals surface area contributed by atoms with Crippen LogP contribution in [0.4, 0.5) is 4.39 Å². The molecule has 0 saturated carbocycles. The minimum absolute atomic E-state index is 0.0145. The van der Waals surface area contributed by atoms with E-state index in [4.69, 9.17) is 5.11 Å². The van der Waals surface area contributed by atoms with E-state index in [0.717, 1.165) is 18.5 Å². The quantitative estimate of drug-likeness (QED) is 0.800. The third-order valence-corrected chi connectivity index (χ3v) is 3.10. The van der Waals surface area contributed by atoms with Crippen molar-refractivity contribution in [2.24, 2.45) is 5.92 Å². The van der Waals surface area contributed by atoms with Crippen molar-refractivity contribution in [2.45, 2.75) is 12.3 Å². The van der Waals surface area contributed by atoms with Gasteiger partial charge in [0.25, 0.3) is 0 Å². The van der Waals surface area contributed by atoms with Crippen molar-refractivity contribution < 1.29 is 14.3 Å². The molecule has 86 valence electrons. The van der Waals surface area contributed by atoms with E-state index in [2.05, 4.69) is 5.32 Å². The zero-order chi connectivity index (χ0) is 11.5. The van der Waals surface area contributed by atoms with Crippen LogP contribution in [0, 0.1) is 11.7 Å². The second kappa shape index (κ2) is 4.61. The van der Waals surface area contributed by atoms with Crippen molar-refractivity contribution in [2.75, 3.05) is 13.1 Å². The number of carbonyl (C=O) groups is 1. The van der Waals surface area contributed by atoms with Crippen molar-refractivity contribution in [1.82, 2.24) is 5.32 Å². The minimum atomic E-state index is -0.790. The highest BCUT2D eigenvalue weighted by Gasteiger charge is 2.31. The highest BCUT2D eigenvalue weighted by molar-refractivity contribution is 5.72. The van der Waals surface area contributed by atoms with Gasteiger partial charge in [0, 0.05) is 6.54 Å². The lowest BCUT2D eigenvalue weighted by molar-refractivity contribution is -0.142. The topological polar surface area (TPSA) is 49.3 Å². The third kappa shape index (κ3) is 2.22. The first-order valence-corrected chi connectivity index (χ1v) is 5.37. The van der Waals surface area contributed by atoms with Crippen molar-refractivity contribution in [1.29, 1.82) is 0 Å². The highest BCUT2D eigenvalue weighted by Crippen LogP contribution is 2.30. The summed E-state index contributed by atoms with van der Waals surface area (Å²) in [6.45, 7) is 1.29. The van der Waals surface area contributed by atoms with Crippen molar-refractivity contribution in [3.05, 3.63) is 35.6 Å². The molecule has 0 aromatic heterocycles. The summed E-state index contributed by atoms with van der Waals surface area (Å²) in [4.78, 5) is 11.1. The van der Waals surface area contributed by atoms with E-state index in [1.165, 1.54) is 12.1 Å². The number of hydrogen-bond acceptors (Lipinski definition) is 2. The summed E-state index contributed by atoms with van der Waals surface area (Å²) < 4.78 is 12.8. The van der Waals surface area contributed by atoms with Gasteiger partial charge in [0.1, 0.15) is 5.82 Å². The summed E-state index contributed by atoms with van der Waals surface area (Å²) in [7, 11) is 0. The van der Waals surface area contributed by atoms with Crippen LogP contribution < -0.4 is 5.32 Å². The largest absolute Gasteiger partial charge is 0.481 e. The molecule has 0 aliphatic carbocycles. The molecule has 0 radical (unpaired) electrons. The van der Waals surface area contributed by atoms with Gasteiger partial charge in [0.2, 0.25) is 0 Å². The molecule has 2 N–H and O–H groups in total. The number of aliphatic carboxylic acids is 1. The number of hydrogen-bond donors (Lipinski definition) is 2. The molecule has 1 aliphatic rings. The molecule has 1 aromatic rings. The molecule has 1 saturated heterocycles. The predicted molar refractivity (Wildman–Crippen MR) is 57.8 cm³/mol. The number of piperidine rings is 1. The van der Waals surface area contributed by atoms with Crippen LogP contribution in [0.25, 0.3) is 0 Å². The van der Waals surface area contributed by atoms with Crippen LogP contribution >= 0.6 is 0 Å². The van der Waals surface area contributed by atoms with Crippen LogP contribution in [0.3, 0.4) is 0 Å². The van der Waals surface area contributed by atoms with Gasteiger partial charge in [0.15, 0.2) is 0 Å². The molecule has 1 fully saturated rings. The van der Waals surface area contributed by atoms with Crippen LogP contribution in [0.2, 0.25) is 0 Å². The lowest BCUT2D eigenvalue weighted by Gasteiger charge is -2.29. The molecule has 0 spiro atoms. The Morgan fingerprint density at radius 1 is 1.38 bits per heavy atom. The van der Waals surface area contributed by atoms with Gasteiger partial charge >= 0.3 is 5.97 Å². The molecule has 1 aliphatic heterocycles. The average Bonchev–Trinajstić information content (AvgIpc) is 2.30. The van der Waals surface area contributed by atoms with Crippen LogP contribution in [-0.2, 0) is 4.79 Å². The van der Waals surface area contributed by atoms with Gasteiger partial charge in [-0.25, -0.2) is 4.39 Å². The highest BCUT2D eigenvalue weighted by atomic mass is 19.1. The number of benzene rings is 1. The molecule has 1 aromatic carbocycles. The summed E-state index contributed by atoms with van der Waals surface area (Å²) in [5.41, 5.74) is 0.912. The maximum Gasteiger partial charge on any atom is 0.308 e. The molecule has 1 heterocycles. The Bertz CT molecular complexity index is 377. The normalized spacial score (nSPS) is 25.3. The van der Waals surface area contributed by atoms with E-state index < -0.39 is 11.9 Å². The van der Waals surface area contributed by atoms with Crippen molar-refractivity contribution >= 4 is 5.97 Å². The molecule has 0 bridgehead atoms. The minimum Gasteiger partial charge on any atom is -0.481 e. The Labute approximate surface area is 93.3 Å². The Morgan fingerprint density at radius 3 is 2.69 bits per heavy atom. The molecular formula is C12H14FNO2. The maximum absolute atomic E-state index is 12.8. The lowest BCUT2D eigenvalue weighted by atomic mass is 9.81. The van der Waals surface area contributed by atoms with Gasteiger partial charge in [-0.15, -0.1) is 0 Å². The fourth-order valence-electron chi connectivity index (χ4n) is 2.23. The van der Waals surface area contributed by atoms with Crippen molar-refractivity contribution in [3.63, 3.8) is 0 Å². The first-order valence-electron chi connectivity index (χ1n) is 5.37. The molecule has 2 rings (SSSR count). The first kappa shape index (κ1) is 11.1. The van der Waals surface area contributed by atoms with Gasteiger partial charge in [-0.1, -0.05) is 12.1 Å². The second-order valence-corrected chi connectivity index (χ2v) is 4.10. The van der Waals surface area contributed by atoms with E-state index in [1.807, 2.05) is 0 Å². The van der Waals surface area contributed by atoms with Crippen LogP contribution in [0.1, 0.15) is 17.9 Å². The number of carboxylic acids is 1. The Hall–Kier alpha value is -1.42. The molecule has 16 heavy (non-hydrogen) atoms. The predicted octanol–water partition coefficient (Wildman–Crippen LogP) is 1.60. The zero-order valence-electron chi connectivity index (χ0n) is 8.82. The number of nitrogens with one attached hydrogen (secondary N) is 1. The smallest absolute Gasteiger partial charge is 0.308 e. The summed E-state index contributed by atoms with van der Waals surface area (Å²) in [5.74, 6) is -1.51. The van der Waals surface area contributed by atoms with E-state index in [-0.39, 0.29) is 11.7 Å². The van der Waals surface area contributed by atoms with Gasteiger partial charge in [-0.2, -0.15) is 0 Å². The van der Waals surface area contributed by atoms with Crippen molar-refractivity contribution in [3.8, 4) is 0 Å². The molecule has 0 unspecified atom stereocenters. The monoisotopic (exact) mass is 223 g/mol. The van der Waals surface area contributed by atoms with E-state index in [1.54, 1.807) is 12.1 Å². The third-order valence-electron chi connectivity index (χ3n) is 3.10. The van der Waals surface area contributed by atoms with Gasteiger partial charge in [-0.05, 0) is 36.6 Å². The number of rotatable bonds is 2. The zero-order valence-corrected chi connectivity index (χ0v) is 8.82. The molecular weight excluding hydrogens is 209 g/mol. The SMILES string of the molecule is O=C(O)[C@H]1CNCC[C@@H]1c1ccc(F)cc1. The van der Waals surface area contributed by atoms with Gasteiger partial charge < -0.3 is 10.4 Å². The summed E-state index contributed by atoms with van der Waals surface area (Å²) >= 11 is 0. The van der Waals surface area contributed by atoms with Gasteiger partial charge in [0.05, 0.1) is 5.92 Å². The summed E-state index contributed by atoms with van der Waals surface area (Å²) in [5, 5.41) is 12.2. The molecule has 2 atom stereocenters. The van der Waals surface area contributed by atoms with Gasteiger partial charge in [-0.3, -0.25) is 4.79 Å². The molecule has 4 heteroatoms. The average molecular weight is 223 g/mol. The fourth-order valence-corrected chi connectivity index (χ4v) is 2.23. The summed E-state index contributed by atoms with van der Waals surface area (Å²) in [6, 6.07) is 6.13.